The Labute approximate surface area is 176 Å². The average molecular weight is 463 g/mol. The molecule has 0 saturated carbocycles. The SMILES string of the molecule is CN(C)Cc1cccc([O][Zr+2][O]c2cccc(CN(C)C)c2)c1.[Cl-].[Cl-]. The Hall–Kier alpha value is -0.577. The minimum atomic E-state index is -1.39. The van der Waals surface area contributed by atoms with Crippen LogP contribution < -0.4 is 30.4 Å². The molecule has 2 rings (SSSR count). The molecule has 0 atom stereocenters. The average Bonchev–Trinajstić information content (AvgIpc) is 2.46. The molecule has 2 aromatic rings. The van der Waals surface area contributed by atoms with Gasteiger partial charge in [-0.15, -0.1) is 0 Å². The third-order valence-corrected chi connectivity index (χ3v) is 4.68. The van der Waals surface area contributed by atoms with E-state index in [0.717, 1.165) is 24.6 Å². The molecule has 0 saturated heterocycles. The Morgan fingerprint density at radius 2 is 1.12 bits per heavy atom. The Balaban J connectivity index is 0.00000288. The largest absolute Gasteiger partial charge is 1.00 e. The van der Waals surface area contributed by atoms with Gasteiger partial charge in [0.15, 0.2) is 0 Å². The van der Waals surface area contributed by atoms with Crippen LogP contribution in [0.15, 0.2) is 48.5 Å². The van der Waals surface area contributed by atoms with Crippen molar-refractivity contribution in [3.63, 3.8) is 0 Å². The van der Waals surface area contributed by atoms with Crippen molar-refractivity contribution in [3.8, 4) is 11.5 Å². The van der Waals surface area contributed by atoms with Gasteiger partial charge in [-0.25, -0.2) is 0 Å². The molecule has 7 heteroatoms. The van der Waals surface area contributed by atoms with Gasteiger partial charge in [0.1, 0.15) is 0 Å². The molecule has 0 unspecified atom stereocenters. The topological polar surface area (TPSA) is 24.9 Å². The van der Waals surface area contributed by atoms with Crippen LogP contribution in [0, 0.1) is 0 Å². The standard InChI is InChI=1S/2C9H13NO.2ClH.Zr/c2*1-10(2)7-8-4-3-5-9(11)6-8;;;/h2*3-6,11H,7H2,1-2H3;2*1H;/q;;;;+4/p-4. The zero-order valence-corrected chi connectivity index (χ0v) is 19.0. The van der Waals surface area contributed by atoms with E-state index in [1.165, 1.54) is 11.1 Å². The van der Waals surface area contributed by atoms with Crippen molar-refractivity contribution in [1.82, 2.24) is 9.80 Å². The van der Waals surface area contributed by atoms with Crippen molar-refractivity contribution in [3.05, 3.63) is 59.7 Å². The monoisotopic (exact) mass is 460 g/mol. The molecule has 4 nitrogen and oxygen atoms in total. The molecule has 0 fully saturated rings. The zero-order valence-electron chi connectivity index (χ0n) is 15.0. The van der Waals surface area contributed by atoms with Crippen molar-refractivity contribution in [2.45, 2.75) is 13.1 Å². The van der Waals surface area contributed by atoms with E-state index in [9.17, 15) is 0 Å². The van der Waals surface area contributed by atoms with Crippen LogP contribution in [0.4, 0.5) is 0 Å². The van der Waals surface area contributed by atoms with Gasteiger partial charge < -0.3 is 24.8 Å². The van der Waals surface area contributed by atoms with E-state index in [2.05, 4.69) is 62.3 Å². The summed E-state index contributed by atoms with van der Waals surface area (Å²) in [6.07, 6.45) is 0. The van der Waals surface area contributed by atoms with E-state index in [-0.39, 0.29) is 24.8 Å². The Morgan fingerprint density at radius 3 is 1.48 bits per heavy atom. The van der Waals surface area contributed by atoms with Gasteiger partial charge in [-0.05, 0) is 0 Å². The fraction of sp³-hybridized carbons (Fsp3) is 0.333. The van der Waals surface area contributed by atoms with E-state index in [1.807, 2.05) is 24.3 Å². The van der Waals surface area contributed by atoms with E-state index in [4.69, 9.17) is 5.63 Å². The van der Waals surface area contributed by atoms with E-state index in [1.54, 1.807) is 0 Å². The van der Waals surface area contributed by atoms with E-state index >= 15 is 0 Å². The van der Waals surface area contributed by atoms with E-state index < -0.39 is 24.1 Å². The number of nitrogens with zero attached hydrogens (tertiary/aromatic N) is 2. The number of hydrogen-bond acceptors (Lipinski definition) is 4. The van der Waals surface area contributed by atoms with Crippen LogP contribution in [-0.2, 0) is 37.2 Å². The quantitative estimate of drug-likeness (QED) is 0.423. The molecular formula is C18H24Cl2N2O2Zr. The second-order valence-corrected chi connectivity index (χ2v) is 7.47. The Bertz CT molecular complexity index is 574. The zero-order chi connectivity index (χ0) is 16.7. The van der Waals surface area contributed by atoms with Gasteiger partial charge in [0.25, 0.3) is 0 Å². The summed E-state index contributed by atoms with van der Waals surface area (Å²) in [6, 6.07) is 16.5. The molecule has 0 bridgehead atoms. The summed E-state index contributed by atoms with van der Waals surface area (Å²) in [5.74, 6) is 1.81. The molecule has 0 spiro atoms. The van der Waals surface area contributed by atoms with Crippen LogP contribution in [0.25, 0.3) is 0 Å². The van der Waals surface area contributed by atoms with Crippen molar-refractivity contribution in [2.75, 3.05) is 28.2 Å². The minimum Gasteiger partial charge on any atom is -1.00 e. The molecule has 0 N–H and O–H groups in total. The normalized spacial score (nSPS) is 9.84. The number of halogens is 2. The van der Waals surface area contributed by atoms with Gasteiger partial charge in [-0.2, -0.15) is 0 Å². The van der Waals surface area contributed by atoms with Gasteiger partial charge in [0.05, 0.1) is 0 Å². The second kappa shape index (κ2) is 12.7. The van der Waals surface area contributed by atoms with Crippen LogP contribution in [0.2, 0.25) is 0 Å². The first-order valence-electron chi connectivity index (χ1n) is 7.59. The summed E-state index contributed by atoms with van der Waals surface area (Å²) in [7, 11) is 8.25. The summed E-state index contributed by atoms with van der Waals surface area (Å²) in [4.78, 5) is 4.29. The van der Waals surface area contributed by atoms with Crippen LogP contribution in [0.3, 0.4) is 0 Å². The molecule has 25 heavy (non-hydrogen) atoms. The Morgan fingerprint density at radius 1 is 0.720 bits per heavy atom. The molecule has 0 aliphatic heterocycles. The maximum atomic E-state index is 5.87. The summed E-state index contributed by atoms with van der Waals surface area (Å²) < 4.78 is 11.7. The third kappa shape index (κ3) is 9.62. The predicted molar refractivity (Wildman–Crippen MR) is 88.9 cm³/mol. The molecule has 2 aromatic carbocycles. The molecule has 0 amide bonds. The van der Waals surface area contributed by atoms with Crippen molar-refractivity contribution in [1.29, 1.82) is 0 Å². The molecule has 0 aromatic heterocycles. The molecule has 0 aliphatic rings. The number of rotatable bonds is 8. The fourth-order valence-electron chi connectivity index (χ4n) is 2.26. The Kier molecular flexibility index (Phi) is 12.4. The van der Waals surface area contributed by atoms with Crippen LogP contribution >= 0.6 is 0 Å². The first-order valence-corrected chi connectivity index (χ1v) is 9.59. The smallest absolute Gasteiger partial charge is 1.00 e. The molecule has 0 radical (unpaired) electrons. The predicted octanol–water partition coefficient (Wildman–Crippen LogP) is -2.81. The second-order valence-electron chi connectivity index (χ2n) is 6.06. The first-order chi connectivity index (χ1) is 11.0. The van der Waals surface area contributed by atoms with Crippen molar-refractivity contribution in [2.24, 2.45) is 0 Å². The van der Waals surface area contributed by atoms with Crippen LogP contribution in [0.1, 0.15) is 11.1 Å². The summed E-state index contributed by atoms with van der Waals surface area (Å²) in [5.41, 5.74) is 2.50. The van der Waals surface area contributed by atoms with Gasteiger partial charge >= 0.3 is 152 Å². The molecular weight excluding hydrogens is 438 g/mol. The van der Waals surface area contributed by atoms with Crippen LogP contribution in [0.5, 0.6) is 11.5 Å². The number of benzene rings is 2. The van der Waals surface area contributed by atoms with Gasteiger partial charge in [0.2, 0.25) is 0 Å². The number of hydrogen-bond donors (Lipinski definition) is 0. The van der Waals surface area contributed by atoms with Gasteiger partial charge in [0, 0.05) is 0 Å². The van der Waals surface area contributed by atoms with Crippen molar-refractivity contribution < 1.29 is 54.6 Å². The van der Waals surface area contributed by atoms with Gasteiger partial charge in [-0.1, -0.05) is 0 Å². The summed E-state index contributed by atoms with van der Waals surface area (Å²) in [5, 5.41) is 0. The third-order valence-electron chi connectivity index (χ3n) is 3.11. The molecule has 0 heterocycles. The first kappa shape index (κ1) is 24.4. The fourth-order valence-corrected chi connectivity index (χ4v) is 3.46. The maximum Gasteiger partial charge on any atom is -1.00 e. The van der Waals surface area contributed by atoms with Crippen LogP contribution in [-0.4, -0.2) is 38.0 Å². The molecule has 136 valence electrons. The molecule has 0 aliphatic carbocycles. The summed E-state index contributed by atoms with van der Waals surface area (Å²) >= 11 is -1.39. The van der Waals surface area contributed by atoms with Crippen molar-refractivity contribution >= 4 is 0 Å². The van der Waals surface area contributed by atoms with E-state index in [0.29, 0.717) is 0 Å². The van der Waals surface area contributed by atoms with Gasteiger partial charge in [-0.3, -0.25) is 0 Å². The minimum absolute atomic E-state index is 0. The maximum absolute atomic E-state index is 5.87. The summed E-state index contributed by atoms with van der Waals surface area (Å²) in [6.45, 7) is 1.82.